The van der Waals surface area contributed by atoms with Crippen LogP contribution in [0.3, 0.4) is 0 Å². The minimum absolute atomic E-state index is 0.0785. The predicted molar refractivity (Wildman–Crippen MR) is 79.2 cm³/mol. The Labute approximate surface area is 115 Å². The standard InChI is InChI=1S/C15H26N2S/c1-10(2)8-9-15(5,17-13-6-7-13)14-16-11(3)12(4)18-14/h10,13,17H,6-9H2,1-5H3. The Hall–Kier alpha value is -0.410. The molecule has 1 aromatic heterocycles. The van der Waals surface area contributed by atoms with Gasteiger partial charge >= 0.3 is 0 Å². The average Bonchev–Trinajstić information content (AvgIpc) is 3.02. The van der Waals surface area contributed by atoms with E-state index >= 15 is 0 Å². The SMILES string of the molecule is Cc1nc(C(C)(CCC(C)C)NC2CC2)sc1C. The highest BCUT2D eigenvalue weighted by atomic mass is 32.1. The average molecular weight is 266 g/mol. The Morgan fingerprint density at radius 2 is 2.06 bits per heavy atom. The fraction of sp³-hybridized carbons (Fsp3) is 0.800. The normalized spacial score (nSPS) is 19.2. The molecule has 0 aromatic carbocycles. The first kappa shape index (κ1) is 14.0. The van der Waals surface area contributed by atoms with Crippen LogP contribution in [0, 0.1) is 19.8 Å². The van der Waals surface area contributed by atoms with E-state index in [4.69, 9.17) is 4.98 Å². The van der Waals surface area contributed by atoms with Crippen molar-refractivity contribution in [1.82, 2.24) is 10.3 Å². The number of aromatic nitrogens is 1. The van der Waals surface area contributed by atoms with E-state index in [0.717, 1.165) is 12.0 Å². The van der Waals surface area contributed by atoms with Gasteiger partial charge in [0.1, 0.15) is 5.01 Å². The van der Waals surface area contributed by atoms with Crippen LogP contribution in [0.5, 0.6) is 0 Å². The third-order valence-electron chi connectivity index (χ3n) is 3.82. The number of nitrogens with zero attached hydrogens (tertiary/aromatic N) is 1. The summed E-state index contributed by atoms with van der Waals surface area (Å²) in [6.45, 7) is 11.2. The zero-order valence-corrected chi connectivity index (χ0v) is 13.2. The molecule has 102 valence electrons. The Bertz CT molecular complexity index is 387. The highest BCUT2D eigenvalue weighted by molar-refractivity contribution is 7.11. The van der Waals surface area contributed by atoms with Crippen molar-refractivity contribution in [2.45, 2.75) is 71.9 Å². The van der Waals surface area contributed by atoms with Crippen molar-refractivity contribution >= 4 is 11.3 Å². The Morgan fingerprint density at radius 1 is 1.39 bits per heavy atom. The van der Waals surface area contributed by atoms with Crippen LogP contribution in [0.15, 0.2) is 0 Å². The van der Waals surface area contributed by atoms with Crippen LogP contribution in [0.25, 0.3) is 0 Å². The van der Waals surface area contributed by atoms with Crippen LogP contribution in [0.2, 0.25) is 0 Å². The summed E-state index contributed by atoms with van der Waals surface area (Å²) in [4.78, 5) is 6.16. The molecule has 2 nitrogen and oxygen atoms in total. The Kier molecular flexibility index (Phi) is 4.12. The number of rotatable bonds is 6. The summed E-state index contributed by atoms with van der Waals surface area (Å²) >= 11 is 1.87. The van der Waals surface area contributed by atoms with E-state index in [1.165, 1.54) is 41.3 Å². The first-order chi connectivity index (χ1) is 8.40. The van der Waals surface area contributed by atoms with Crippen LogP contribution >= 0.6 is 11.3 Å². The maximum absolute atomic E-state index is 4.80. The number of nitrogens with one attached hydrogen (secondary N) is 1. The molecule has 0 aliphatic heterocycles. The van der Waals surface area contributed by atoms with Crippen LogP contribution < -0.4 is 5.32 Å². The molecular weight excluding hydrogens is 240 g/mol. The van der Waals surface area contributed by atoms with Crippen molar-refractivity contribution < 1.29 is 0 Å². The van der Waals surface area contributed by atoms with Crippen molar-refractivity contribution in [2.24, 2.45) is 5.92 Å². The smallest absolute Gasteiger partial charge is 0.113 e. The molecule has 1 saturated carbocycles. The molecule has 1 aliphatic rings. The second-order valence-electron chi connectivity index (χ2n) is 6.34. The molecule has 1 aliphatic carbocycles. The largest absolute Gasteiger partial charge is 0.303 e. The van der Waals surface area contributed by atoms with Gasteiger partial charge in [0, 0.05) is 10.9 Å². The van der Waals surface area contributed by atoms with E-state index in [1.807, 2.05) is 11.3 Å². The molecule has 1 aromatic rings. The summed E-state index contributed by atoms with van der Waals surface area (Å²) in [5.74, 6) is 0.757. The summed E-state index contributed by atoms with van der Waals surface area (Å²) < 4.78 is 0. The second-order valence-corrected chi connectivity index (χ2v) is 7.55. The topological polar surface area (TPSA) is 24.9 Å². The molecule has 0 amide bonds. The fourth-order valence-corrected chi connectivity index (χ4v) is 3.26. The highest BCUT2D eigenvalue weighted by Gasteiger charge is 2.36. The van der Waals surface area contributed by atoms with Gasteiger partial charge in [-0.3, -0.25) is 0 Å². The quantitative estimate of drug-likeness (QED) is 0.836. The van der Waals surface area contributed by atoms with Crippen LogP contribution in [0.4, 0.5) is 0 Å². The maximum Gasteiger partial charge on any atom is 0.113 e. The maximum atomic E-state index is 4.80. The van der Waals surface area contributed by atoms with Crippen molar-refractivity contribution in [3.8, 4) is 0 Å². The van der Waals surface area contributed by atoms with Gasteiger partial charge in [-0.2, -0.15) is 0 Å². The molecular formula is C15H26N2S. The molecule has 2 rings (SSSR count). The van der Waals surface area contributed by atoms with Gasteiger partial charge in [0.05, 0.1) is 11.2 Å². The number of hydrogen-bond acceptors (Lipinski definition) is 3. The first-order valence-electron chi connectivity index (χ1n) is 7.13. The van der Waals surface area contributed by atoms with Crippen LogP contribution in [0.1, 0.15) is 62.0 Å². The lowest BCUT2D eigenvalue weighted by Crippen LogP contribution is -2.41. The summed E-state index contributed by atoms with van der Waals surface area (Å²) in [6, 6.07) is 0.728. The van der Waals surface area contributed by atoms with Gasteiger partial charge in [-0.05, 0) is 52.4 Å². The molecule has 0 radical (unpaired) electrons. The third-order valence-corrected chi connectivity index (χ3v) is 5.16. The molecule has 0 spiro atoms. The number of aryl methyl sites for hydroxylation is 2. The first-order valence-corrected chi connectivity index (χ1v) is 7.94. The number of thiazole rings is 1. The summed E-state index contributed by atoms with van der Waals surface area (Å²) in [5.41, 5.74) is 1.28. The fourth-order valence-electron chi connectivity index (χ4n) is 2.21. The van der Waals surface area contributed by atoms with E-state index < -0.39 is 0 Å². The predicted octanol–water partition coefficient (Wildman–Crippen LogP) is 4.16. The lowest BCUT2D eigenvalue weighted by atomic mass is 9.92. The van der Waals surface area contributed by atoms with Gasteiger partial charge in [0.25, 0.3) is 0 Å². The van der Waals surface area contributed by atoms with Gasteiger partial charge in [-0.15, -0.1) is 11.3 Å². The molecule has 1 atom stereocenters. The summed E-state index contributed by atoms with van der Waals surface area (Å²) in [7, 11) is 0. The van der Waals surface area contributed by atoms with E-state index in [1.54, 1.807) is 0 Å². The van der Waals surface area contributed by atoms with Gasteiger partial charge in [0.2, 0.25) is 0 Å². The molecule has 1 heterocycles. The van der Waals surface area contributed by atoms with E-state index in [2.05, 4.69) is 39.9 Å². The lowest BCUT2D eigenvalue weighted by Gasteiger charge is -2.30. The lowest BCUT2D eigenvalue weighted by molar-refractivity contribution is 0.308. The third kappa shape index (κ3) is 3.33. The van der Waals surface area contributed by atoms with Crippen molar-refractivity contribution in [1.29, 1.82) is 0 Å². The molecule has 1 N–H and O–H groups in total. The van der Waals surface area contributed by atoms with Crippen molar-refractivity contribution in [3.63, 3.8) is 0 Å². The summed E-state index contributed by atoms with van der Waals surface area (Å²) in [6.07, 6.45) is 5.11. The van der Waals surface area contributed by atoms with Gasteiger partial charge in [-0.1, -0.05) is 13.8 Å². The molecule has 0 bridgehead atoms. The van der Waals surface area contributed by atoms with Gasteiger partial charge in [-0.25, -0.2) is 4.98 Å². The highest BCUT2D eigenvalue weighted by Crippen LogP contribution is 2.35. The monoisotopic (exact) mass is 266 g/mol. The van der Waals surface area contributed by atoms with Crippen LogP contribution in [-0.2, 0) is 5.54 Å². The zero-order valence-electron chi connectivity index (χ0n) is 12.3. The van der Waals surface area contributed by atoms with E-state index in [9.17, 15) is 0 Å². The zero-order chi connectivity index (χ0) is 13.3. The molecule has 1 unspecified atom stereocenters. The van der Waals surface area contributed by atoms with Crippen molar-refractivity contribution in [2.75, 3.05) is 0 Å². The molecule has 0 saturated heterocycles. The van der Waals surface area contributed by atoms with E-state index in [0.29, 0.717) is 0 Å². The van der Waals surface area contributed by atoms with E-state index in [-0.39, 0.29) is 5.54 Å². The molecule has 18 heavy (non-hydrogen) atoms. The van der Waals surface area contributed by atoms with Gasteiger partial charge < -0.3 is 5.32 Å². The Morgan fingerprint density at radius 3 is 2.50 bits per heavy atom. The molecule has 1 fully saturated rings. The minimum Gasteiger partial charge on any atom is -0.303 e. The van der Waals surface area contributed by atoms with Crippen LogP contribution in [-0.4, -0.2) is 11.0 Å². The number of hydrogen-bond donors (Lipinski definition) is 1. The second kappa shape index (κ2) is 5.30. The summed E-state index contributed by atoms with van der Waals surface area (Å²) in [5, 5.41) is 5.11. The van der Waals surface area contributed by atoms with Gasteiger partial charge in [0.15, 0.2) is 0 Å². The Balaban J connectivity index is 2.16. The molecule has 3 heteroatoms. The van der Waals surface area contributed by atoms with Crippen molar-refractivity contribution in [3.05, 3.63) is 15.6 Å². The minimum atomic E-state index is 0.0785.